The summed E-state index contributed by atoms with van der Waals surface area (Å²) >= 11 is 0. The summed E-state index contributed by atoms with van der Waals surface area (Å²) in [6.07, 6.45) is 2.26. The second-order valence-electron chi connectivity index (χ2n) is 7.33. The number of sulfonamides is 1. The molecule has 0 atom stereocenters. The summed E-state index contributed by atoms with van der Waals surface area (Å²) in [6.45, 7) is 3.43. The first-order chi connectivity index (χ1) is 13.8. The summed E-state index contributed by atoms with van der Waals surface area (Å²) in [5.74, 6) is 0.650. The number of aliphatic imine (C=N–C) groups is 1. The number of guanidine groups is 1. The number of carbonyl (C=O) groups is 1. The number of amides is 1. The van der Waals surface area contributed by atoms with Crippen molar-refractivity contribution in [3.8, 4) is 0 Å². The summed E-state index contributed by atoms with van der Waals surface area (Å²) in [4.78, 5) is 17.8. The minimum atomic E-state index is -3.14. The van der Waals surface area contributed by atoms with E-state index in [2.05, 4.69) is 27.8 Å². The number of halogens is 1. The van der Waals surface area contributed by atoms with E-state index in [0.29, 0.717) is 38.4 Å². The number of hydrogen-bond acceptors (Lipinski definition) is 4. The van der Waals surface area contributed by atoms with Crippen LogP contribution >= 0.6 is 24.0 Å². The lowest BCUT2D eigenvalue weighted by molar-refractivity contribution is -0.127. The number of nitrogens with zero attached hydrogens (tertiary/aromatic N) is 3. The Labute approximate surface area is 197 Å². The van der Waals surface area contributed by atoms with E-state index >= 15 is 0 Å². The van der Waals surface area contributed by atoms with Gasteiger partial charge in [0.25, 0.3) is 0 Å². The Balaban J connectivity index is 0.00000450. The van der Waals surface area contributed by atoms with Crippen LogP contribution in [0.5, 0.6) is 0 Å². The monoisotopic (exact) mass is 551 g/mol. The fraction of sp³-hybridized carbons (Fsp3) is 0.600. The van der Waals surface area contributed by atoms with Crippen LogP contribution in [0, 0.1) is 0 Å². The highest BCUT2D eigenvalue weighted by molar-refractivity contribution is 14.0. The van der Waals surface area contributed by atoms with Gasteiger partial charge >= 0.3 is 0 Å². The van der Waals surface area contributed by atoms with Gasteiger partial charge in [-0.1, -0.05) is 30.3 Å². The third-order valence-electron chi connectivity index (χ3n) is 4.97. The van der Waals surface area contributed by atoms with Gasteiger partial charge in [0.05, 0.1) is 5.75 Å². The first kappa shape index (κ1) is 26.6. The number of benzene rings is 1. The zero-order chi connectivity index (χ0) is 21.3. The maximum absolute atomic E-state index is 12.0. The minimum Gasteiger partial charge on any atom is -0.356 e. The van der Waals surface area contributed by atoms with Gasteiger partial charge in [-0.25, -0.2) is 17.7 Å². The molecule has 1 fully saturated rings. The minimum absolute atomic E-state index is 0. The molecule has 1 aliphatic heterocycles. The summed E-state index contributed by atoms with van der Waals surface area (Å²) in [5, 5.41) is 6.67. The van der Waals surface area contributed by atoms with E-state index in [1.165, 1.54) is 10.5 Å². The van der Waals surface area contributed by atoms with Crippen LogP contribution in [0.4, 0.5) is 0 Å². The van der Waals surface area contributed by atoms with Gasteiger partial charge in [-0.3, -0.25) is 4.79 Å². The number of nitrogens with one attached hydrogen (secondary N) is 2. The second kappa shape index (κ2) is 13.1. The van der Waals surface area contributed by atoms with Crippen molar-refractivity contribution in [2.75, 3.05) is 46.0 Å². The van der Waals surface area contributed by atoms with Crippen LogP contribution in [0.3, 0.4) is 0 Å². The summed E-state index contributed by atoms with van der Waals surface area (Å²) in [5.41, 5.74) is 1.22. The molecule has 1 aliphatic rings. The zero-order valence-corrected chi connectivity index (χ0v) is 21.2. The van der Waals surface area contributed by atoms with E-state index in [4.69, 9.17) is 0 Å². The molecule has 1 aromatic carbocycles. The SMILES string of the molecule is CCS(=O)(=O)N1CCC(NC(=NCC(=O)N(C)C)NCCc2ccccc2)CC1.I. The molecule has 0 spiro atoms. The third kappa shape index (κ3) is 8.76. The Morgan fingerprint density at radius 2 is 1.83 bits per heavy atom. The molecule has 10 heteroatoms. The van der Waals surface area contributed by atoms with E-state index in [1.807, 2.05) is 18.2 Å². The molecular weight excluding hydrogens is 517 g/mol. The molecular formula is C20H34IN5O3S. The van der Waals surface area contributed by atoms with Crippen molar-refractivity contribution in [1.82, 2.24) is 19.8 Å². The normalized spacial score (nSPS) is 15.9. The molecule has 0 saturated carbocycles. The van der Waals surface area contributed by atoms with Crippen LogP contribution in [0.1, 0.15) is 25.3 Å². The van der Waals surface area contributed by atoms with Gasteiger partial charge in [0, 0.05) is 39.8 Å². The smallest absolute Gasteiger partial charge is 0.243 e. The van der Waals surface area contributed by atoms with Gasteiger partial charge in [0.1, 0.15) is 6.54 Å². The fourth-order valence-corrected chi connectivity index (χ4v) is 4.20. The largest absolute Gasteiger partial charge is 0.356 e. The van der Waals surface area contributed by atoms with Gasteiger partial charge in [-0.2, -0.15) is 0 Å². The lowest BCUT2D eigenvalue weighted by Gasteiger charge is -2.32. The Morgan fingerprint density at radius 3 is 2.40 bits per heavy atom. The average Bonchev–Trinajstić information content (AvgIpc) is 2.72. The molecule has 1 saturated heterocycles. The molecule has 170 valence electrons. The predicted octanol–water partition coefficient (Wildman–Crippen LogP) is 1.28. The molecule has 1 amide bonds. The molecule has 1 aromatic rings. The standard InChI is InChI=1S/C20H33N5O3S.HI/c1-4-29(27,28)25-14-11-18(12-15-25)23-20(22-16-19(26)24(2)3)21-13-10-17-8-6-5-7-9-17;/h5-9,18H,4,10-16H2,1-3H3,(H2,21,22,23);1H. The summed E-state index contributed by atoms with van der Waals surface area (Å²) in [6, 6.07) is 10.3. The molecule has 0 aliphatic carbocycles. The predicted molar refractivity (Wildman–Crippen MR) is 132 cm³/mol. The average molecular weight is 551 g/mol. The van der Waals surface area contributed by atoms with Gasteiger partial charge in [-0.05, 0) is 31.7 Å². The van der Waals surface area contributed by atoms with E-state index in [0.717, 1.165) is 6.42 Å². The fourth-order valence-electron chi connectivity index (χ4n) is 3.06. The van der Waals surface area contributed by atoms with Crippen LogP contribution in [-0.2, 0) is 21.2 Å². The van der Waals surface area contributed by atoms with E-state index in [-0.39, 0.29) is 48.2 Å². The van der Waals surface area contributed by atoms with Gasteiger partial charge < -0.3 is 15.5 Å². The highest BCUT2D eigenvalue weighted by atomic mass is 127. The molecule has 2 N–H and O–H groups in total. The Bertz CT molecular complexity index is 779. The molecule has 0 aromatic heterocycles. The molecule has 1 heterocycles. The maximum atomic E-state index is 12.0. The number of carbonyl (C=O) groups excluding carboxylic acids is 1. The first-order valence-corrected chi connectivity index (χ1v) is 11.7. The Morgan fingerprint density at radius 1 is 1.20 bits per heavy atom. The highest BCUT2D eigenvalue weighted by Gasteiger charge is 2.27. The number of rotatable bonds is 8. The molecule has 8 nitrogen and oxygen atoms in total. The molecule has 2 rings (SSSR count). The third-order valence-corrected chi connectivity index (χ3v) is 6.85. The van der Waals surface area contributed by atoms with E-state index in [9.17, 15) is 13.2 Å². The van der Waals surface area contributed by atoms with Gasteiger partial charge in [-0.15, -0.1) is 24.0 Å². The summed E-state index contributed by atoms with van der Waals surface area (Å²) in [7, 11) is 0.273. The quantitative estimate of drug-likeness (QED) is 0.289. The highest BCUT2D eigenvalue weighted by Crippen LogP contribution is 2.14. The first-order valence-electron chi connectivity index (χ1n) is 10.1. The Kier molecular flexibility index (Phi) is 11.6. The maximum Gasteiger partial charge on any atom is 0.243 e. The number of likely N-dealkylation sites (N-methyl/N-ethyl adjacent to an activating group) is 1. The molecule has 30 heavy (non-hydrogen) atoms. The van der Waals surface area contributed by atoms with Crippen molar-refractivity contribution in [3.63, 3.8) is 0 Å². The topological polar surface area (TPSA) is 94.1 Å². The van der Waals surface area contributed by atoms with Crippen molar-refractivity contribution in [2.45, 2.75) is 32.2 Å². The molecule has 0 unspecified atom stereocenters. The lowest BCUT2D eigenvalue weighted by Crippen LogP contribution is -2.50. The van der Waals surface area contributed by atoms with Gasteiger partial charge in [0.2, 0.25) is 15.9 Å². The summed E-state index contributed by atoms with van der Waals surface area (Å²) < 4.78 is 25.6. The van der Waals surface area contributed by atoms with Crippen molar-refractivity contribution in [2.24, 2.45) is 4.99 Å². The van der Waals surface area contributed by atoms with Crippen LogP contribution in [0.25, 0.3) is 0 Å². The number of piperidine rings is 1. The molecule has 0 bridgehead atoms. The van der Waals surface area contributed by atoms with Crippen molar-refractivity contribution in [1.29, 1.82) is 0 Å². The van der Waals surface area contributed by atoms with Crippen LogP contribution in [0.2, 0.25) is 0 Å². The van der Waals surface area contributed by atoms with Crippen molar-refractivity contribution >= 4 is 45.9 Å². The molecule has 0 radical (unpaired) electrons. The van der Waals surface area contributed by atoms with Crippen molar-refractivity contribution < 1.29 is 13.2 Å². The van der Waals surface area contributed by atoms with E-state index in [1.54, 1.807) is 25.3 Å². The second-order valence-corrected chi connectivity index (χ2v) is 9.59. The van der Waals surface area contributed by atoms with Crippen LogP contribution in [0.15, 0.2) is 35.3 Å². The Hall–Kier alpha value is -1.40. The van der Waals surface area contributed by atoms with Gasteiger partial charge in [0.15, 0.2) is 5.96 Å². The number of hydrogen-bond donors (Lipinski definition) is 2. The van der Waals surface area contributed by atoms with Crippen LogP contribution in [-0.4, -0.2) is 81.6 Å². The zero-order valence-electron chi connectivity index (χ0n) is 18.0. The van der Waals surface area contributed by atoms with Crippen LogP contribution < -0.4 is 10.6 Å². The van der Waals surface area contributed by atoms with Crippen molar-refractivity contribution in [3.05, 3.63) is 35.9 Å². The van der Waals surface area contributed by atoms with E-state index < -0.39 is 10.0 Å². The lowest BCUT2D eigenvalue weighted by atomic mass is 10.1.